The summed E-state index contributed by atoms with van der Waals surface area (Å²) in [7, 11) is 1.23. The average molecular weight is 458 g/mol. The average Bonchev–Trinajstić information content (AvgIpc) is 3.36. The number of amides is 1. The number of pyridine rings is 1. The minimum absolute atomic E-state index is 0.188. The van der Waals surface area contributed by atoms with Crippen LogP contribution in [-0.4, -0.2) is 30.5 Å². The Hall–Kier alpha value is -3.38. The fourth-order valence-electron chi connectivity index (χ4n) is 3.58. The van der Waals surface area contributed by atoms with Crippen molar-refractivity contribution in [1.82, 2.24) is 29.9 Å². The van der Waals surface area contributed by atoms with Crippen LogP contribution in [0.2, 0.25) is 0 Å². The molecule has 0 fully saturated rings. The molecule has 0 aromatic carbocycles. The van der Waals surface area contributed by atoms with Gasteiger partial charge in [0, 0.05) is 31.1 Å². The minimum atomic E-state index is -4.68. The number of aryl methyl sites for hydroxylation is 3. The standard InChI is InChI=1S/C19H16F6N6O/c1-9-7-26-15(18(20,21)22)5-13(9)31-8-10-11(3-4-12(10)28-31)27-17(32)14-6-16(19(23,24)25)29-30(14)2/h5-8,11H,3-4H2,1-2H3,(H,27,32). The van der Waals surface area contributed by atoms with Gasteiger partial charge in [0.25, 0.3) is 5.91 Å². The first-order chi connectivity index (χ1) is 14.8. The molecule has 3 aromatic heterocycles. The molecule has 0 spiro atoms. The highest BCUT2D eigenvalue weighted by molar-refractivity contribution is 5.93. The first-order valence-corrected chi connectivity index (χ1v) is 9.39. The quantitative estimate of drug-likeness (QED) is 0.607. The van der Waals surface area contributed by atoms with E-state index in [1.165, 1.54) is 17.9 Å². The zero-order valence-electron chi connectivity index (χ0n) is 16.7. The number of carbonyl (C=O) groups excluding carboxylic acids is 1. The Morgan fingerprint density at radius 1 is 1.09 bits per heavy atom. The molecule has 3 heterocycles. The van der Waals surface area contributed by atoms with Crippen molar-refractivity contribution in [1.29, 1.82) is 0 Å². The van der Waals surface area contributed by atoms with Gasteiger partial charge in [0.05, 0.1) is 17.4 Å². The summed E-state index contributed by atoms with van der Waals surface area (Å²) in [4.78, 5) is 16.0. The van der Waals surface area contributed by atoms with Gasteiger partial charge in [0.1, 0.15) is 11.4 Å². The van der Waals surface area contributed by atoms with Crippen molar-refractivity contribution in [2.24, 2.45) is 7.05 Å². The van der Waals surface area contributed by atoms with Crippen LogP contribution in [0.5, 0.6) is 0 Å². The molecular weight excluding hydrogens is 442 g/mol. The Balaban J connectivity index is 1.59. The summed E-state index contributed by atoms with van der Waals surface area (Å²) in [6.45, 7) is 1.59. The lowest BCUT2D eigenvalue weighted by Crippen LogP contribution is -2.28. The monoisotopic (exact) mass is 458 g/mol. The first kappa shape index (κ1) is 21.8. The van der Waals surface area contributed by atoms with E-state index in [4.69, 9.17) is 0 Å². The summed E-state index contributed by atoms with van der Waals surface area (Å²) in [5, 5.41) is 10.3. The second-order valence-electron chi connectivity index (χ2n) is 7.43. The number of nitrogens with zero attached hydrogens (tertiary/aromatic N) is 5. The molecule has 0 bridgehead atoms. The van der Waals surface area contributed by atoms with Crippen molar-refractivity contribution in [2.45, 2.75) is 38.2 Å². The predicted octanol–water partition coefficient (Wildman–Crippen LogP) is 3.76. The SMILES string of the molecule is Cc1cnc(C(F)(F)F)cc1-n1cc2c(n1)CCC2NC(=O)c1cc(C(F)(F)F)nn1C. The molecule has 3 aromatic rings. The van der Waals surface area contributed by atoms with Gasteiger partial charge in [-0.25, -0.2) is 4.68 Å². The lowest BCUT2D eigenvalue weighted by atomic mass is 10.1. The van der Waals surface area contributed by atoms with Crippen molar-refractivity contribution in [3.05, 3.63) is 58.4 Å². The molecule has 0 aliphatic heterocycles. The molecule has 1 aliphatic rings. The van der Waals surface area contributed by atoms with Crippen molar-refractivity contribution in [2.75, 3.05) is 0 Å². The molecule has 0 radical (unpaired) electrons. The van der Waals surface area contributed by atoms with Gasteiger partial charge in [-0.05, 0) is 31.4 Å². The Labute approximate surface area is 177 Å². The Morgan fingerprint density at radius 3 is 2.41 bits per heavy atom. The summed E-state index contributed by atoms with van der Waals surface area (Å²) >= 11 is 0. The van der Waals surface area contributed by atoms with Crippen LogP contribution in [0.1, 0.15) is 51.2 Å². The number of nitrogens with one attached hydrogen (secondary N) is 1. The molecule has 1 aliphatic carbocycles. The molecule has 170 valence electrons. The molecule has 0 saturated carbocycles. The highest BCUT2D eigenvalue weighted by atomic mass is 19.4. The van der Waals surface area contributed by atoms with Gasteiger partial charge in [0.15, 0.2) is 5.69 Å². The van der Waals surface area contributed by atoms with Crippen molar-refractivity contribution >= 4 is 5.91 Å². The zero-order valence-corrected chi connectivity index (χ0v) is 16.7. The van der Waals surface area contributed by atoms with Crippen LogP contribution in [0, 0.1) is 6.92 Å². The van der Waals surface area contributed by atoms with Crippen LogP contribution < -0.4 is 5.32 Å². The van der Waals surface area contributed by atoms with Crippen LogP contribution in [0.4, 0.5) is 26.3 Å². The maximum absolute atomic E-state index is 13.0. The molecule has 32 heavy (non-hydrogen) atoms. The molecule has 1 N–H and O–H groups in total. The second-order valence-corrected chi connectivity index (χ2v) is 7.43. The third-order valence-electron chi connectivity index (χ3n) is 5.19. The molecule has 4 rings (SSSR count). The van der Waals surface area contributed by atoms with E-state index < -0.39 is 35.7 Å². The normalized spacial score (nSPS) is 16.3. The number of aromatic nitrogens is 5. The second kappa shape index (κ2) is 7.35. The lowest BCUT2D eigenvalue weighted by Gasteiger charge is -2.13. The molecule has 13 heteroatoms. The van der Waals surface area contributed by atoms with Gasteiger partial charge in [0.2, 0.25) is 0 Å². The van der Waals surface area contributed by atoms with Crippen LogP contribution in [0.15, 0.2) is 24.5 Å². The zero-order chi connectivity index (χ0) is 23.4. The van der Waals surface area contributed by atoms with E-state index in [0.717, 1.165) is 16.9 Å². The van der Waals surface area contributed by atoms with E-state index in [1.54, 1.807) is 6.92 Å². The number of hydrogen-bond acceptors (Lipinski definition) is 4. The number of rotatable bonds is 3. The summed E-state index contributed by atoms with van der Waals surface area (Å²) in [5.74, 6) is -0.749. The van der Waals surface area contributed by atoms with E-state index >= 15 is 0 Å². The number of hydrogen-bond donors (Lipinski definition) is 1. The van der Waals surface area contributed by atoms with E-state index in [2.05, 4.69) is 20.5 Å². The maximum atomic E-state index is 13.0. The van der Waals surface area contributed by atoms with E-state index in [1.807, 2.05) is 0 Å². The lowest BCUT2D eigenvalue weighted by molar-refractivity contribution is -0.142. The topological polar surface area (TPSA) is 77.6 Å². The molecule has 1 unspecified atom stereocenters. The number of alkyl halides is 6. The van der Waals surface area contributed by atoms with Gasteiger partial charge in [-0.3, -0.25) is 14.5 Å². The van der Waals surface area contributed by atoms with E-state index in [-0.39, 0.29) is 11.4 Å². The number of fused-ring (bicyclic) bond motifs is 1. The van der Waals surface area contributed by atoms with Gasteiger partial charge in [-0.1, -0.05) is 0 Å². The Bertz CT molecular complexity index is 1190. The molecule has 1 amide bonds. The highest BCUT2D eigenvalue weighted by Crippen LogP contribution is 2.34. The van der Waals surface area contributed by atoms with Gasteiger partial charge >= 0.3 is 12.4 Å². The third kappa shape index (κ3) is 3.94. The van der Waals surface area contributed by atoms with Crippen molar-refractivity contribution < 1.29 is 31.1 Å². The van der Waals surface area contributed by atoms with Gasteiger partial charge in [-0.2, -0.15) is 36.5 Å². The number of carbonyl (C=O) groups is 1. The summed E-state index contributed by atoms with van der Waals surface area (Å²) < 4.78 is 79.8. The Kier molecular flexibility index (Phi) is 5.01. The van der Waals surface area contributed by atoms with Gasteiger partial charge in [-0.15, -0.1) is 0 Å². The van der Waals surface area contributed by atoms with Crippen LogP contribution in [-0.2, 0) is 25.8 Å². The maximum Gasteiger partial charge on any atom is 0.435 e. The molecular formula is C19H16F6N6O. The Morgan fingerprint density at radius 2 is 1.78 bits per heavy atom. The summed E-state index contributed by atoms with van der Waals surface area (Å²) in [6.07, 6.45) is -5.78. The highest BCUT2D eigenvalue weighted by Gasteiger charge is 2.36. The largest absolute Gasteiger partial charge is 0.435 e. The van der Waals surface area contributed by atoms with E-state index in [0.29, 0.717) is 35.7 Å². The molecule has 1 atom stereocenters. The smallest absolute Gasteiger partial charge is 0.344 e. The van der Waals surface area contributed by atoms with Crippen LogP contribution >= 0.6 is 0 Å². The molecule has 7 nitrogen and oxygen atoms in total. The number of halogens is 6. The first-order valence-electron chi connectivity index (χ1n) is 9.39. The van der Waals surface area contributed by atoms with Crippen molar-refractivity contribution in [3.8, 4) is 5.69 Å². The summed E-state index contributed by atoms with van der Waals surface area (Å²) in [6, 6.07) is 0.993. The van der Waals surface area contributed by atoms with Crippen molar-refractivity contribution in [3.63, 3.8) is 0 Å². The summed E-state index contributed by atoms with van der Waals surface area (Å²) in [5.41, 5.74) is -0.683. The minimum Gasteiger partial charge on any atom is -0.344 e. The fourth-order valence-corrected chi connectivity index (χ4v) is 3.58. The molecule has 0 saturated heterocycles. The van der Waals surface area contributed by atoms with Gasteiger partial charge < -0.3 is 5.32 Å². The van der Waals surface area contributed by atoms with Crippen LogP contribution in [0.3, 0.4) is 0 Å². The van der Waals surface area contributed by atoms with Crippen LogP contribution in [0.25, 0.3) is 5.69 Å². The fraction of sp³-hybridized carbons (Fsp3) is 0.368. The predicted molar refractivity (Wildman–Crippen MR) is 97.8 cm³/mol. The van der Waals surface area contributed by atoms with E-state index in [9.17, 15) is 31.1 Å². The third-order valence-corrected chi connectivity index (χ3v) is 5.19.